The van der Waals surface area contributed by atoms with Crippen molar-refractivity contribution in [3.05, 3.63) is 29.8 Å². The maximum Gasteiger partial charge on any atom is 0.325 e. The summed E-state index contributed by atoms with van der Waals surface area (Å²) in [6.07, 6.45) is 2.29. The van der Waals surface area contributed by atoms with Crippen molar-refractivity contribution >= 4 is 23.5 Å². The van der Waals surface area contributed by atoms with Crippen molar-refractivity contribution in [1.82, 2.24) is 15.1 Å². The second-order valence-electron chi connectivity index (χ2n) is 10.4. The van der Waals surface area contributed by atoms with Gasteiger partial charge < -0.3 is 15.1 Å². The topological polar surface area (TPSA) is 73.0 Å². The van der Waals surface area contributed by atoms with Crippen molar-refractivity contribution in [2.24, 2.45) is 11.3 Å². The maximum atomic E-state index is 13.3. The lowest BCUT2D eigenvalue weighted by Crippen LogP contribution is -2.55. The highest BCUT2D eigenvalue weighted by Gasteiger charge is 2.56. The minimum absolute atomic E-state index is 0.0213. The molecule has 0 unspecified atom stereocenters. The van der Waals surface area contributed by atoms with E-state index < -0.39 is 11.6 Å². The third-order valence-electron chi connectivity index (χ3n) is 7.01. The monoisotopic (exact) mass is 426 g/mol. The highest BCUT2D eigenvalue weighted by atomic mass is 16.2. The number of carbonyl (C=O) groups excluding carboxylic acids is 3. The maximum absolute atomic E-state index is 13.3. The summed E-state index contributed by atoms with van der Waals surface area (Å²) in [4.78, 5) is 44.1. The minimum atomic E-state index is -0.859. The molecule has 2 saturated heterocycles. The first-order chi connectivity index (χ1) is 14.6. The van der Waals surface area contributed by atoms with Gasteiger partial charge in [-0.15, -0.1) is 0 Å². The van der Waals surface area contributed by atoms with Gasteiger partial charge in [-0.1, -0.05) is 39.0 Å². The highest BCUT2D eigenvalue weighted by molar-refractivity contribution is 6.09. The third-order valence-corrected chi connectivity index (χ3v) is 7.01. The van der Waals surface area contributed by atoms with Crippen LogP contribution in [0.4, 0.5) is 10.5 Å². The number of hydrogen-bond donors (Lipinski definition) is 1. The molecule has 3 fully saturated rings. The van der Waals surface area contributed by atoms with Gasteiger partial charge >= 0.3 is 6.03 Å². The van der Waals surface area contributed by atoms with Gasteiger partial charge in [-0.3, -0.25) is 14.5 Å². The number of hydrogen-bond acceptors (Lipinski definition) is 4. The predicted octanol–water partition coefficient (Wildman–Crippen LogP) is 2.78. The number of amides is 4. The van der Waals surface area contributed by atoms with E-state index >= 15 is 0 Å². The first kappa shape index (κ1) is 21.7. The Kier molecular flexibility index (Phi) is 5.48. The summed E-state index contributed by atoms with van der Waals surface area (Å²) in [7, 11) is 0. The number of urea groups is 1. The first-order valence-electron chi connectivity index (χ1n) is 11.3. The molecule has 168 valence electrons. The first-order valence-corrected chi connectivity index (χ1v) is 11.3. The zero-order valence-electron chi connectivity index (χ0n) is 19.1. The number of imide groups is 1. The Morgan fingerprint density at radius 3 is 2.42 bits per heavy atom. The summed E-state index contributed by atoms with van der Waals surface area (Å²) >= 11 is 0. The van der Waals surface area contributed by atoms with E-state index in [9.17, 15) is 14.4 Å². The fraction of sp³-hybridized carbons (Fsp3) is 0.625. The number of piperazine rings is 1. The molecule has 1 spiro atoms. The summed E-state index contributed by atoms with van der Waals surface area (Å²) in [5.41, 5.74) is 1.53. The molecular formula is C24H34N4O3. The van der Waals surface area contributed by atoms with Gasteiger partial charge in [0.25, 0.3) is 5.91 Å². The summed E-state index contributed by atoms with van der Waals surface area (Å²) in [5.74, 6) is -0.0460. The fourth-order valence-corrected chi connectivity index (χ4v) is 6.00. The molecule has 1 N–H and O–H groups in total. The second-order valence-corrected chi connectivity index (χ2v) is 10.4. The summed E-state index contributed by atoms with van der Waals surface area (Å²) in [6.45, 7) is 11.0. The number of aryl methyl sites for hydroxylation is 1. The number of anilines is 1. The molecule has 1 aliphatic carbocycles. The Morgan fingerprint density at radius 2 is 1.77 bits per heavy atom. The van der Waals surface area contributed by atoms with Gasteiger partial charge in [-0.25, -0.2) is 4.79 Å². The molecule has 2 heterocycles. The molecular weight excluding hydrogens is 392 g/mol. The van der Waals surface area contributed by atoms with E-state index in [1.807, 2.05) is 12.1 Å². The minimum Gasteiger partial charge on any atom is -0.368 e. The Balaban J connectivity index is 1.39. The van der Waals surface area contributed by atoms with E-state index in [1.54, 1.807) is 4.90 Å². The van der Waals surface area contributed by atoms with Crippen LogP contribution in [0, 0.1) is 18.3 Å². The Bertz CT molecular complexity index is 891. The number of rotatable bonds is 3. The van der Waals surface area contributed by atoms with Crippen LogP contribution >= 0.6 is 0 Å². The lowest BCUT2D eigenvalue weighted by molar-refractivity contribution is -0.140. The molecule has 4 rings (SSSR count). The van der Waals surface area contributed by atoms with E-state index in [0.717, 1.165) is 24.4 Å². The van der Waals surface area contributed by atoms with Gasteiger partial charge in [0.1, 0.15) is 12.1 Å². The van der Waals surface area contributed by atoms with Crippen molar-refractivity contribution in [2.45, 2.75) is 52.5 Å². The lowest BCUT2D eigenvalue weighted by Gasteiger charge is -2.43. The third kappa shape index (κ3) is 4.14. The molecule has 3 aliphatic rings. The predicted molar refractivity (Wildman–Crippen MR) is 120 cm³/mol. The molecule has 0 aromatic heterocycles. The number of benzene rings is 1. The van der Waals surface area contributed by atoms with Gasteiger partial charge in [-0.2, -0.15) is 0 Å². The molecule has 0 bridgehead atoms. The normalized spacial score (nSPS) is 28.3. The van der Waals surface area contributed by atoms with E-state index in [4.69, 9.17) is 0 Å². The van der Waals surface area contributed by atoms with Crippen LogP contribution < -0.4 is 10.2 Å². The summed E-state index contributed by atoms with van der Waals surface area (Å²) < 4.78 is 0. The average molecular weight is 427 g/mol. The van der Waals surface area contributed by atoms with Crippen molar-refractivity contribution in [3.8, 4) is 0 Å². The second kappa shape index (κ2) is 7.84. The van der Waals surface area contributed by atoms with E-state index in [2.05, 4.69) is 50.0 Å². The standard InChI is InChI=1S/C24H34N4O3/c1-17-13-23(3,4)16-24(14-17)21(30)28(22(31)25-24)15-20(29)27-11-9-26(10-12-27)19-8-6-5-7-18(19)2/h5-8,17H,9-16H2,1-4H3,(H,25,31)/t17-,24-/m1/s1. The molecule has 2 aliphatic heterocycles. The summed E-state index contributed by atoms with van der Waals surface area (Å²) in [6, 6.07) is 7.82. The Morgan fingerprint density at radius 1 is 1.10 bits per heavy atom. The molecule has 1 aromatic carbocycles. The molecule has 7 heteroatoms. The van der Waals surface area contributed by atoms with Gasteiger partial charge in [0, 0.05) is 31.9 Å². The van der Waals surface area contributed by atoms with Gasteiger partial charge in [0.2, 0.25) is 5.91 Å². The van der Waals surface area contributed by atoms with Crippen LogP contribution in [0.1, 0.15) is 45.6 Å². The van der Waals surface area contributed by atoms with Gasteiger partial charge in [0.05, 0.1) is 0 Å². The highest BCUT2D eigenvalue weighted by Crippen LogP contribution is 2.46. The van der Waals surface area contributed by atoms with Crippen molar-refractivity contribution in [3.63, 3.8) is 0 Å². The number of para-hydroxylation sites is 1. The lowest BCUT2D eigenvalue weighted by atomic mass is 9.64. The van der Waals surface area contributed by atoms with Crippen molar-refractivity contribution < 1.29 is 14.4 Å². The van der Waals surface area contributed by atoms with Crippen molar-refractivity contribution in [2.75, 3.05) is 37.6 Å². The zero-order chi connectivity index (χ0) is 22.4. The van der Waals surface area contributed by atoms with E-state index in [1.165, 1.54) is 11.3 Å². The Hall–Kier alpha value is -2.57. The van der Waals surface area contributed by atoms with Crippen LogP contribution in [0.3, 0.4) is 0 Å². The van der Waals surface area contributed by atoms with E-state index in [0.29, 0.717) is 31.8 Å². The largest absolute Gasteiger partial charge is 0.368 e. The average Bonchev–Trinajstić information content (AvgIpc) is 2.90. The zero-order valence-corrected chi connectivity index (χ0v) is 19.1. The quantitative estimate of drug-likeness (QED) is 0.755. The molecule has 0 radical (unpaired) electrons. The van der Waals surface area contributed by atoms with Crippen LogP contribution in [-0.4, -0.2) is 65.9 Å². The van der Waals surface area contributed by atoms with Crippen LogP contribution in [0.5, 0.6) is 0 Å². The molecule has 4 amide bonds. The SMILES string of the molecule is Cc1ccccc1N1CCN(C(=O)CN2C(=O)N[C@@]3(C[C@H](C)CC(C)(C)C3)C2=O)CC1. The molecule has 1 saturated carbocycles. The van der Waals surface area contributed by atoms with Gasteiger partial charge in [0.15, 0.2) is 0 Å². The van der Waals surface area contributed by atoms with Crippen LogP contribution in [0.2, 0.25) is 0 Å². The fourth-order valence-electron chi connectivity index (χ4n) is 6.00. The molecule has 1 aromatic rings. The number of nitrogens with one attached hydrogen (secondary N) is 1. The van der Waals surface area contributed by atoms with E-state index in [-0.39, 0.29) is 23.8 Å². The smallest absolute Gasteiger partial charge is 0.325 e. The molecule has 31 heavy (non-hydrogen) atoms. The Labute approximate surface area is 184 Å². The van der Waals surface area contributed by atoms with Crippen LogP contribution in [0.15, 0.2) is 24.3 Å². The molecule has 7 nitrogen and oxygen atoms in total. The van der Waals surface area contributed by atoms with Gasteiger partial charge in [-0.05, 0) is 49.1 Å². The number of carbonyl (C=O) groups is 3. The van der Waals surface area contributed by atoms with Crippen molar-refractivity contribution in [1.29, 1.82) is 0 Å². The number of nitrogens with zero attached hydrogens (tertiary/aromatic N) is 3. The van der Waals surface area contributed by atoms with Crippen LogP contribution in [-0.2, 0) is 9.59 Å². The molecule has 2 atom stereocenters. The van der Waals surface area contributed by atoms with Crippen LogP contribution in [0.25, 0.3) is 0 Å². The summed E-state index contributed by atoms with van der Waals surface area (Å²) in [5, 5.41) is 2.96.